The van der Waals surface area contributed by atoms with Crippen molar-refractivity contribution < 1.29 is 0 Å². The zero-order chi connectivity index (χ0) is 26.1. The molecule has 1 aliphatic rings. The first-order valence-electron chi connectivity index (χ1n) is 12.7. The maximum Gasteiger partial charge on any atom is 0.0670 e. The van der Waals surface area contributed by atoms with Gasteiger partial charge in [0.05, 0.1) is 5.69 Å². The Morgan fingerprint density at radius 3 is 2.42 bits per heavy atom. The van der Waals surface area contributed by atoms with Gasteiger partial charge in [0.25, 0.3) is 0 Å². The molecule has 0 bridgehead atoms. The number of aryl methyl sites for hydroxylation is 3. The molecule has 0 saturated carbocycles. The second-order valence-corrected chi connectivity index (χ2v) is 9.42. The molecule has 0 spiro atoms. The van der Waals surface area contributed by atoms with Crippen molar-refractivity contribution in [2.75, 3.05) is 12.4 Å². The number of hydrogen-bond donors (Lipinski definition) is 1. The zero-order valence-electron chi connectivity index (χ0n) is 22.4. The average molecular weight is 475 g/mol. The van der Waals surface area contributed by atoms with Crippen molar-refractivity contribution in [3.05, 3.63) is 118 Å². The quantitative estimate of drug-likeness (QED) is 0.349. The van der Waals surface area contributed by atoms with Gasteiger partial charge in [-0.3, -0.25) is 4.98 Å². The summed E-state index contributed by atoms with van der Waals surface area (Å²) in [7, 11) is 1.92. The minimum Gasteiger partial charge on any atom is -0.388 e. The summed E-state index contributed by atoms with van der Waals surface area (Å²) in [6.45, 7) is 12.4. The summed E-state index contributed by atoms with van der Waals surface area (Å²) in [6.07, 6.45) is 17.1. The summed E-state index contributed by atoms with van der Waals surface area (Å²) in [6, 6.07) is 16.8. The Labute approximate surface area is 217 Å². The Kier molecular flexibility index (Phi) is 9.48. The van der Waals surface area contributed by atoms with Crippen LogP contribution in [0.25, 0.3) is 11.6 Å². The van der Waals surface area contributed by atoms with Gasteiger partial charge in [0.15, 0.2) is 0 Å². The third kappa shape index (κ3) is 6.64. The number of rotatable bonds is 7. The van der Waals surface area contributed by atoms with E-state index in [1.54, 1.807) is 0 Å². The monoisotopic (exact) mass is 474 g/mol. The number of benzene rings is 2. The first-order valence-corrected chi connectivity index (χ1v) is 12.7. The van der Waals surface area contributed by atoms with Crippen molar-refractivity contribution in [1.29, 1.82) is 0 Å². The van der Waals surface area contributed by atoms with Crippen LogP contribution in [0.3, 0.4) is 0 Å². The van der Waals surface area contributed by atoms with Crippen LogP contribution >= 0.6 is 0 Å². The van der Waals surface area contributed by atoms with Gasteiger partial charge in [-0.15, -0.1) is 6.42 Å². The molecule has 1 N–H and O–H groups in total. The molecule has 1 atom stereocenters. The molecule has 36 heavy (non-hydrogen) atoms. The Bertz CT molecular complexity index is 1300. The van der Waals surface area contributed by atoms with Gasteiger partial charge in [0.2, 0.25) is 0 Å². The lowest BCUT2D eigenvalue weighted by Gasteiger charge is -2.18. The van der Waals surface area contributed by atoms with Gasteiger partial charge in [0, 0.05) is 30.4 Å². The number of nitrogens with zero attached hydrogens (tertiary/aromatic N) is 1. The summed E-state index contributed by atoms with van der Waals surface area (Å²) in [5.74, 6) is 3.07. The molecule has 1 unspecified atom stereocenters. The molecule has 3 aromatic rings. The van der Waals surface area contributed by atoms with Crippen LogP contribution < -0.4 is 5.32 Å². The first kappa shape index (κ1) is 26.8. The lowest BCUT2D eigenvalue weighted by molar-refractivity contribution is 0.779. The van der Waals surface area contributed by atoms with E-state index in [-0.39, 0.29) is 0 Å². The largest absolute Gasteiger partial charge is 0.388 e. The zero-order valence-corrected chi connectivity index (χ0v) is 22.4. The highest BCUT2D eigenvalue weighted by atomic mass is 14.8. The minimum atomic E-state index is 0.389. The molecular formula is C34H38N2. The highest BCUT2D eigenvalue weighted by molar-refractivity contribution is 5.73. The van der Waals surface area contributed by atoms with Crippen LogP contribution in [0, 0.1) is 32.1 Å². The topological polar surface area (TPSA) is 24.9 Å². The maximum absolute atomic E-state index is 5.45. The fourth-order valence-electron chi connectivity index (χ4n) is 4.54. The highest BCUT2D eigenvalue weighted by Gasteiger charge is 2.23. The first-order chi connectivity index (χ1) is 17.4. The molecule has 2 nitrogen and oxygen atoms in total. The molecule has 0 amide bonds. The fraction of sp³-hybridized carbons (Fsp3) is 0.265. The third-order valence-corrected chi connectivity index (χ3v) is 6.74. The van der Waals surface area contributed by atoms with Crippen molar-refractivity contribution in [2.24, 2.45) is 5.92 Å². The lowest BCUT2D eigenvalue weighted by Crippen LogP contribution is -2.08. The van der Waals surface area contributed by atoms with E-state index in [1.165, 1.54) is 33.4 Å². The predicted octanol–water partition coefficient (Wildman–Crippen LogP) is 8.21. The Morgan fingerprint density at radius 2 is 1.81 bits per heavy atom. The van der Waals surface area contributed by atoms with E-state index >= 15 is 0 Å². The molecule has 1 aromatic heterocycles. The maximum atomic E-state index is 5.45. The van der Waals surface area contributed by atoms with Crippen molar-refractivity contribution >= 4 is 17.3 Å². The Morgan fingerprint density at radius 1 is 1.06 bits per heavy atom. The van der Waals surface area contributed by atoms with E-state index in [2.05, 4.69) is 100 Å². The van der Waals surface area contributed by atoms with Crippen molar-refractivity contribution in [2.45, 2.75) is 47.0 Å². The average Bonchev–Trinajstić information content (AvgIpc) is 3.25. The van der Waals surface area contributed by atoms with Crippen LogP contribution in [-0.2, 0) is 12.8 Å². The fourth-order valence-corrected chi connectivity index (χ4v) is 4.54. The normalized spacial score (nSPS) is 14.2. The molecular weight excluding hydrogens is 436 g/mol. The summed E-state index contributed by atoms with van der Waals surface area (Å²) in [5, 5.41) is 3.12. The van der Waals surface area contributed by atoms with Gasteiger partial charge in [0.1, 0.15) is 0 Å². The van der Waals surface area contributed by atoms with E-state index in [9.17, 15) is 0 Å². The van der Waals surface area contributed by atoms with Gasteiger partial charge < -0.3 is 5.32 Å². The standard InChI is InChI=1S/C24H25N.C10H13N/c1-5-7-21-16-25-24(14-18(21)4)22-13-8-17(3)23(22)15-20-11-9-19(6-2)10-12-20;1-4-9-6-5-8(2)7-10(9)11-3/h2,8-14,16,23H,5,7,15H2,1,3-4H3;4-7,11H,1H2,2-3H3. The van der Waals surface area contributed by atoms with Crippen LogP contribution in [-0.4, -0.2) is 12.0 Å². The number of terminal acetylenes is 1. The predicted molar refractivity (Wildman–Crippen MR) is 157 cm³/mol. The molecule has 1 heterocycles. The van der Waals surface area contributed by atoms with Gasteiger partial charge in [-0.25, -0.2) is 0 Å². The number of hydrogen-bond acceptors (Lipinski definition) is 2. The number of nitrogens with one attached hydrogen (secondary N) is 1. The second-order valence-electron chi connectivity index (χ2n) is 9.42. The summed E-state index contributed by atoms with van der Waals surface area (Å²) in [4.78, 5) is 4.77. The number of anilines is 1. The van der Waals surface area contributed by atoms with E-state index in [0.29, 0.717) is 5.92 Å². The number of aromatic nitrogens is 1. The Hall–Kier alpha value is -3.83. The molecule has 1 aliphatic carbocycles. The summed E-state index contributed by atoms with van der Waals surface area (Å²) < 4.78 is 0. The molecule has 0 radical (unpaired) electrons. The van der Waals surface area contributed by atoms with Gasteiger partial charge in [-0.1, -0.05) is 73.9 Å². The van der Waals surface area contributed by atoms with Gasteiger partial charge in [-0.2, -0.15) is 0 Å². The van der Waals surface area contributed by atoms with E-state index in [4.69, 9.17) is 11.4 Å². The van der Waals surface area contributed by atoms with E-state index in [1.807, 2.05) is 25.3 Å². The van der Waals surface area contributed by atoms with Crippen molar-refractivity contribution in [1.82, 2.24) is 4.98 Å². The Balaban J connectivity index is 0.000000275. The van der Waals surface area contributed by atoms with Crippen molar-refractivity contribution in [3.8, 4) is 12.3 Å². The summed E-state index contributed by atoms with van der Waals surface area (Å²) in [5.41, 5.74) is 12.3. The van der Waals surface area contributed by atoms with E-state index in [0.717, 1.165) is 41.8 Å². The van der Waals surface area contributed by atoms with Crippen molar-refractivity contribution in [3.63, 3.8) is 0 Å². The smallest absolute Gasteiger partial charge is 0.0670 e. The highest BCUT2D eigenvalue weighted by Crippen LogP contribution is 2.36. The van der Waals surface area contributed by atoms with Gasteiger partial charge >= 0.3 is 0 Å². The number of pyridine rings is 1. The summed E-state index contributed by atoms with van der Waals surface area (Å²) >= 11 is 0. The van der Waals surface area contributed by atoms with Crippen LogP contribution in [0.1, 0.15) is 59.3 Å². The molecule has 0 aliphatic heterocycles. The SMILES string of the molecule is C#Cc1ccc(CC2C(C)=CC=C2c2cc(C)c(CCC)cn2)cc1.C=Cc1ccc(C)cc1NC. The minimum absolute atomic E-state index is 0.389. The second kappa shape index (κ2) is 12.8. The number of allylic oxidation sites excluding steroid dienone is 4. The lowest BCUT2D eigenvalue weighted by atomic mass is 9.87. The van der Waals surface area contributed by atoms with Crippen LogP contribution in [0.2, 0.25) is 0 Å². The van der Waals surface area contributed by atoms with Gasteiger partial charge in [-0.05, 0) is 91.3 Å². The molecule has 2 heteroatoms. The van der Waals surface area contributed by atoms with Crippen LogP contribution in [0.4, 0.5) is 5.69 Å². The third-order valence-electron chi connectivity index (χ3n) is 6.74. The molecule has 184 valence electrons. The molecule has 2 aromatic carbocycles. The molecule has 0 fully saturated rings. The van der Waals surface area contributed by atoms with Crippen LogP contribution in [0.15, 0.2) is 79.0 Å². The van der Waals surface area contributed by atoms with E-state index < -0.39 is 0 Å². The van der Waals surface area contributed by atoms with Crippen LogP contribution in [0.5, 0.6) is 0 Å². The molecule has 4 rings (SSSR count). The molecule has 0 saturated heterocycles.